The maximum absolute atomic E-state index is 13.0. The van der Waals surface area contributed by atoms with Gasteiger partial charge in [0, 0.05) is 37.4 Å². The van der Waals surface area contributed by atoms with Crippen LogP contribution in [0.2, 0.25) is 0 Å². The molecule has 120 valence electrons. The molecule has 1 fully saturated rings. The van der Waals surface area contributed by atoms with Crippen molar-refractivity contribution in [3.8, 4) is 0 Å². The third-order valence-corrected chi connectivity index (χ3v) is 5.96. The molecule has 3 heteroatoms. The van der Waals surface area contributed by atoms with E-state index in [9.17, 15) is 4.79 Å². The van der Waals surface area contributed by atoms with Gasteiger partial charge in [-0.3, -0.25) is 4.79 Å². The van der Waals surface area contributed by atoms with Gasteiger partial charge < -0.3 is 9.47 Å². The maximum atomic E-state index is 13.0. The molecule has 3 aromatic rings. The van der Waals surface area contributed by atoms with Gasteiger partial charge in [-0.25, -0.2) is 0 Å². The molecule has 0 unspecified atom stereocenters. The van der Waals surface area contributed by atoms with Crippen molar-refractivity contribution >= 4 is 22.5 Å². The van der Waals surface area contributed by atoms with Crippen molar-refractivity contribution in [1.29, 1.82) is 0 Å². The molecule has 1 aliphatic heterocycles. The van der Waals surface area contributed by atoms with Crippen LogP contribution in [-0.2, 0) is 17.3 Å². The summed E-state index contributed by atoms with van der Waals surface area (Å²) in [6.07, 6.45) is 3.01. The Bertz CT molecular complexity index is 1020. The number of hydrogen-bond donors (Lipinski definition) is 0. The molecular formula is C21H20N2O. The fourth-order valence-electron chi connectivity index (χ4n) is 4.52. The van der Waals surface area contributed by atoms with Gasteiger partial charge in [-0.15, -0.1) is 0 Å². The van der Waals surface area contributed by atoms with Crippen LogP contribution in [0.3, 0.4) is 0 Å². The molecule has 2 aromatic carbocycles. The third kappa shape index (κ3) is 1.55. The standard InChI is InChI=1S/C21H20N2O/c1-13-4-7-18-16(10-13)21(20(24)23(18)3)12-17(21)15-6-5-14-8-9-22(2)19(14)11-15/h4-11,17H,12H2,1-3H3/t17-,21-/m0/s1. The Kier molecular flexibility index (Phi) is 2.48. The van der Waals surface area contributed by atoms with Crippen LogP contribution < -0.4 is 4.90 Å². The first-order chi connectivity index (χ1) is 11.5. The zero-order valence-electron chi connectivity index (χ0n) is 14.2. The molecule has 0 radical (unpaired) electrons. The molecule has 1 amide bonds. The average molecular weight is 316 g/mol. The van der Waals surface area contributed by atoms with Crippen LogP contribution in [-0.4, -0.2) is 17.5 Å². The van der Waals surface area contributed by atoms with E-state index < -0.39 is 0 Å². The van der Waals surface area contributed by atoms with E-state index in [1.54, 1.807) is 0 Å². The molecular weight excluding hydrogens is 296 g/mol. The smallest absolute Gasteiger partial charge is 0.238 e. The summed E-state index contributed by atoms with van der Waals surface area (Å²) in [5, 5.41) is 1.25. The lowest BCUT2D eigenvalue weighted by molar-refractivity contribution is -0.120. The second-order valence-corrected chi connectivity index (χ2v) is 7.36. The Morgan fingerprint density at radius 2 is 1.92 bits per heavy atom. The van der Waals surface area contributed by atoms with Gasteiger partial charge in [0.25, 0.3) is 0 Å². The van der Waals surface area contributed by atoms with Crippen LogP contribution in [0, 0.1) is 6.92 Å². The van der Waals surface area contributed by atoms with Gasteiger partial charge in [-0.2, -0.15) is 0 Å². The number of aryl methyl sites for hydroxylation is 2. The molecule has 2 heterocycles. The van der Waals surface area contributed by atoms with Crippen molar-refractivity contribution in [3.63, 3.8) is 0 Å². The topological polar surface area (TPSA) is 25.2 Å². The van der Waals surface area contributed by atoms with Crippen molar-refractivity contribution < 1.29 is 4.79 Å². The second-order valence-electron chi connectivity index (χ2n) is 7.36. The van der Waals surface area contributed by atoms with E-state index in [4.69, 9.17) is 0 Å². The predicted octanol–water partition coefficient (Wildman–Crippen LogP) is 3.89. The quantitative estimate of drug-likeness (QED) is 0.668. The van der Waals surface area contributed by atoms with Gasteiger partial charge in [0.15, 0.2) is 0 Å². The van der Waals surface area contributed by atoms with Crippen molar-refractivity contribution in [3.05, 3.63) is 65.4 Å². The number of fused-ring (bicyclic) bond motifs is 3. The van der Waals surface area contributed by atoms with Crippen molar-refractivity contribution in [1.82, 2.24) is 4.57 Å². The first-order valence-electron chi connectivity index (χ1n) is 8.46. The van der Waals surface area contributed by atoms with Crippen LogP contribution in [0.1, 0.15) is 29.0 Å². The average Bonchev–Trinajstić information content (AvgIpc) is 3.19. The Hall–Kier alpha value is -2.55. The number of nitrogens with zero attached hydrogens (tertiary/aromatic N) is 2. The monoisotopic (exact) mass is 316 g/mol. The minimum absolute atomic E-state index is 0.250. The highest BCUT2D eigenvalue weighted by atomic mass is 16.2. The van der Waals surface area contributed by atoms with Crippen molar-refractivity contribution in [2.75, 3.05) is 11.9 Å². The van der Waals surface area contributed by atoms with Crippen LogP contribution >= 0.6 is 0 Å². The minimum Gasteiger partial charge on any atom is -0.351 e. The van der Waals surface area contributed by atoms with Gasteiger partial charge in [0.2, 0.25) is 5.91 Å². The van der Waals surface area contributed by atoms with E-state index in [0.717, 1.165) is 12.1 Å². The maximum Gasteiger partial charge on any atom is 0.238 e. The number of carbonyl (C=O) groups excluding carboxylic acids is 1. The summed E-state index contributed by atoms with van der Waals surface area (Å²) < 4.78 is 2.15. The summed E-state index contributed by atoms with van der Waals surface area (Å²) in [6.45, 7) is 2.10. The van der Waals surface area contributed by atoms with Crippen molar-refractivity contribution in [2.45, 2.75) is 24.7 Å². The Labute approximate surface area is 141 Å². The fraction of sp³-hybridized carbons (Fsp3) is 0.286. The molecule has 2 atom stereocenters. The van der Waals surface area contributed by atoms with Gasteiger partial charge in [0.05, 0.1) is 5.41 Å². The highest BCUT2D eigenvalue weighted by Crippen LogP contribution is 2.66. The zero-order chi connectivity index (χ0) is 16.6. The molecule has 1 saturated carbocycles. The number of anilines is 1. The number of benzene rings is 2. The summed E-state index contributed by atoms with van der Waals surface area (Å²) in [7, 11) is 3.98. The fourth-order valence-corrected chi connectivity index (χ4v) is 4.52. The molecule has 24 heavy (non-hydrogen) atoms. The lowest BCUT2D eigenvalue weighted by Gasteiger charge is -2.11. The van der Waals surface area contributed by atoms with E-state index in [0.29, 0.717) is 0 Å². The van der Waals surface area contributed by atoms with E-state index in [2.05, 4.69) is 67.2 Å². The summed E-state index contributed by atoms with van der Waals surface area (Å²) in [6, 6.07) is 15.2. The number of amides is 1. The summed E-state index contributed by atoms with van der Waals surface area (Å²) in [5.74, 6) is 0.537. The lowest BCUT2D eigenvalue weighted by atomic mass is 9.91. The van der Waals surface area contributed by atoms with E-state index in [-0.39, 0.29) is 17.2 Å². The normalized spacial score (nSPS) is 24.9. The minimum atomic E-state index is -0.338. The van der Waals surface area contributed by atoms with Gasteiger partial charge >= 0.3 is 0 Å². The Morgan fingerprint density at radius 3 is 2.75 bits per heavy atom. The lowest BCUT2D eigenvalue weighted by Crippen LogP contribution is -2.29. The Morgan fingerprint density at radius 1 is 1.08 bits per heavy atom. The number of aromatic nitrogens is 1. The molecule has 0 saturated heterocycles. The largest absolute Gasteiger partial charge is 0.351 e. The van der Waals surface area contributed by atoms with E-state index in [1.165, 1.54) is 27.6 Å². The molecule has 1 spiro atoms. The summed E-state index contributed by atoms with van der Waals surface area (Å²) in [5.41, 5.74) is 5.69. The molecule has 0 bridgehead atoms. The number of carbonyl (C=O) groups is 1. The van der Waals surface area contributed by atoms with Crippen LogP contribution in [0.15, 0.2) is 48.7 Å². The van der Waals surface area contributed by atoms with Crippen LogP contribution in [0.25, 0.3) is 10.9 Å². The Balaban J connectivity index is 1.65. The number of rotatable bonds is 1. The van der Waals surface area contributed by atoms with Gasteiger partial charge in [-0.1, -0.05) is 29.8 Å². The summed E-state index contributed by atoms with van der Waals surface area (Å²) in [4.78, 5) is 14.9. The summed E-state index contributed by atoms with van der Waals surface area (Å²) >= 11 is 0. The SMILES string of the molecule is Cc1ccc2c(c1)[C@]1(C[C@H]1c1ccc3ccn(C)c3c1)C(=O)N2C. The van der Waals surface area contributed by atoms with E-state index >= 15 is 0 Å². The molecule has 5 rings (SSSR count). The van der Waals surface area contributed by atoms with Crippen LogP contribution in [0.5, 0.6) is 0 Å². The first-order valence-corrected chi connectivity index (χ1v) is 8.46. The van der Waals surface area contributed by atoms with Crippen molar-refractivity contribution in [2.24, 2.45) is 7.05 Å². The predicted molar refractivity (Wildman–Crippen MR) is 96.5 cm³/mol. The molecule has 3 nitrogen and oxygen atoms in total. The van der Waals surface area contributed by atoms with E-state index in [1.807, 2.05) is 11.9 Å². The molecule has 0 N–H and O–H groups in total. The molecule has 2 aliphatic rings. The van der Waals surface area contributed by atoms with Crippen LogP contribution in [0.4, 0.5) is 5.69 Å². The first kappa shape index (κ1) is 13.8. The second kappa shape index (κ2) is 4.29. The number of hydrogen-bond acceptors (Lipinski definition) is 1. The number of likely N-dealkylation sites (N-methyl/N-ethyl adjacent to an activating group) is 1. The van der Waals surface area contributed by atoms with Gasteiger partial charge in [0.1, 0.15) is 0 Å². The van der Waals surface area contributed by atoms with Gasteiger partial charge in [-0.05, 0) is 48.1 Å². The highest BCUT2D eigenvalue weighted by Gasteiger charge is 2.66. The zero-order valence-corrected chi connectivity index (χ0v) is 14.2. The molecule has 1 aliphatic carbocycles. The highest BCUT2D eigenvalue weighted by molar-refractivity contribution is 6.11. The third-order valence-electron chi connectivity index (χ3n) is 5.96. The molecule has 1 aromatic heterocycles.